The van der Waals surface area contributed by atoms with Crippen LogP contribution in [0.5, 0.6) is 0 Å². The summed E-state index contributed by atoms with van der Waals surface area (Å²) in [6, 6.07) is 5.45. The monoisotopic (exact) mass is 231 g/mol. The zero-order chi connectivity index (χ0) is 12.3. The van der Waals surface area contributed by atoms with Gasteiger partial charge in [0.15, 0.2) is 0 Å². The molecule has 1 aromatic rings. The van der Waals surface area contributed by atoms with Crippen LogP contribution in [0.3, 0.4) is 0 Å². The fraction of sp³-hybridized carbons (Fsp3) is 0.308. The number of hydrogen-bond donors (Lipinski definition) is 3. The molecule has 0 aliphatic heterocycles. The zero-order valence-electron chi connectivity index (χ0n) is 9.65. The Kier molecular flexibility index (Phi) is 3.32. The molecule has 4 heteroatoms. The van der Waals surface area contributed by atoms with Crippen molar-refractivity contribution in [3.63, 3.8) is 0 Å². The van der Waals surface area contributed by atoms with Crippen LogP contribution in [0.15, 0.2) is 30.4 Å². The molecule has 0 radical (unpaired) electrons. The van der Waals surface area contributed by atoms with E-state index < -0.39 is 5.91 Å². The van der Waals surface area contributed by atoms with Crippen LogP contribution < -0.4 is 16.8 Å². The molecule has 1 atom stereocenters. The minimum atomic E-state index is -0.434. The highest BCUT2D eigenvalue weighted by atomic mass is 16.1. The average Bonchev–Trinajstić information content (AvgIpc) is 2.33. The van der Waals surface area contributed by atoms with E-state index in [0.29, 0.717) is 17.3 Å². The number of anilines is 2. The Morgan fingerprint density at radius 3 is 2.82 bits per heavy atom. The van der Waals surface area contributed by atoms with Crippen molar-refractivity contribution >= 4 is 17.3 Å². The van der Waals surface area contributed by atoms with E-state index in [1.54, 1.807) is 18.2 Å². The minimum absolute atomic E-state index is 0.380. The lowest BCUT2D eigenvalue weighted by atomic mass is 10.0. The molecule has 2 rings (SSSR count). The molecule has 1 unspecified atom stereocenters. The van der Waals surface area contributed by atoms with Crippen molar-refractivity contribution in [3.05, 3.63) is 35.9 Å². The number of carbonyl (C=O) groups is 1. The average molecular weight is 231 g/mol. The maximum absolute atomic E-state index is 11.1. The van der Waals surface area contributed by atoms with E-state index in [0.717, 1.165) is 24.9 Å². The molecule has 1 aromatic carbocycles. The summed E-state index contributed by atoms with van der Waals surface area (Å²) in [5.74, 6) is -0.434. The van der Waals surface area contributed by atoms with Crippen molar-refractivity contribution in [2.45, 2.75) is 25.3 Å². The van der Waals surface area contributed by atoms with Crippen molar-refractivity contribution in [3.8, 4) is 0 Å². The van der Waals surface area contributed by atoms with Gasteiger partial charge >= 0.3 is 0 Å². The second-order valence-electron chi connectivity index (χ2n) is 4.29. The summed E-state index contributed by atoms with van der Waals surface area (Å²) in [4.78, 5) is 11.1. The van der Waals surface area contributed by atoms with Gasteiger partial charge < -0.3 is 16.8 Å². The molecule has 0 bridgehead atoms. The Morgan fingerprint density at radius 1 is 1.35 bits per heavy atom. The molecule has 4 nitrogen and oxygen atoms in total. The molecule has 17 heavy (non-hydrogen) atoms. The van der Waals surface area contributed by atoms with Gasteiger partial charge in [0, 0.05) is 11.6 Å². The first kappa shape index (κ1) is 11.5. The smallest absolute Gasteiger partial charge is 0.248 e. The summed E-state index contributed by atoms with van der Waals surface area (Å²) in [5.41, 5.74) is 13.0. The standard InChI is InChI=1S/C13H17N3O/c14-11-7-6-9(13(15)17)8-12(11)16-10-4-2-1-3-5-10/h1-2,6-8,10,16H,3-5,14H2,(H2,15,17). The topological polar surface area (TPSA) is 81.1 Å². The highest BCUT2D eigenvalue weighted by molar-refractivity contribution is 5.94. The van der Waals surface area contributed by atoms with E-state index >= 15 is 0 Å². The molecule has 0 fully saturated rings. The van der Waals surface area contributed by atoms with Crippen LogP contribution in [0, 0.1) is 0 Å². The van der Waals surface area contributed by atoms with Gasteiger partial charge in [-0.15, -0.1) is 0 Å². The molecule has 5 N–H and O–H groups in total. The van der Waals surface area contributed by atoms with Gasteiger partial charge in [-0.05, 0) is 37.5 Å². The van der Waals surface area contributed by atoms with Crippen LogP contribution in [-0.2, 0) is 0 Å². The van der Waals surface area contributed by atoms with Gasteiger partial charge in [-0.3, -0.25) is 4.79 Å². The lowest BCUT2D eigenvalue weighted by molar-refractivity contribution is 0.100. The number of nitrogens with two attached hydrogens (primary N) is 2. The fourth-order valence-corrected chi connectivity index (χ4v) is 1.98. The highest BCUT2D eigenvalue weighted by Gasteiger charge is 2.12. The number of carbonyl (C=O) groups excluding carboxylic acids is 1. The van der Waals surface area contributed by atoms with Crippen LogP contribution >= 0.6 is 0 Å². The van der Waals surface area contributed by atoms with Crippen LogP contribution in [-0.4, -0.2) is 11.9 Å². The van der Waals surface area contributed by atoms with Gasteiger partial charge in [-0.1, -0.05) is 12.2 Å². The maximum atomic E-state index is 11.1. The van der Waals surface area contributed by atoms with E-state index in [1.807, 2.05) is 0 Å². The molecule has 1 aliphatic carbocycles. The Hall–Kier alpha value is -1.97. The van der Waals surface area contributed by atoms with Crippen molar-refractivity contribution < 1.29 is 4.79 Å². The maximum Gasteiger partial charge on any atom is 0.248 e. The Balaban J connectivity index is 2.16. The molecular weight excluding hydrogens is 214 g/mol. The lowest BCUT2D eigenvalue weighted by Gasteiger charge is -2.21. The first-order valence-corrected chi connectivity index (χ1v) is 5.77. The SMILES string of the molecule is NC(=O)c1ccc(N)c(NC2CC=CCC2)c1. The summed E-state index contributed by atoms with van der Waals surface area (Å²) < 4.78 is 0. The van der Waals surface area contributed by atoms with E-state index in [9.17, 15) is 4.79 Å². The number of nitrogens with one attached hydrogen (secondary N) is 1. The van der Waals surface area contributed by atoms with E-state index in [4.69, 9.17) is 11.5 Å². The predicted octanol–water partition coefficient (Wildman–Crippen LogP) is 1.89. The summed E-state index contributed by atoms with van der Waals surface area (Å²) in [6.07, 6.45) is 7.49. The van der Waals surface area contributed by atoms with Gasteiger partial charge in [0.1, 0.15) is 0 Å². The number of primary amides is 1. The third-order valence-corrected chi connectivity index (χ3v) is 2.97. The van der Waals surface area contributed by atoms with Gasteiger partial charge in [0.25, 0.3) is 0 Å². The van der Waals surface area contributed by atoms with Crippen molar-refractivity contribution in [1.29, 1.82) is 0 Å². The van der Waals surface area contributed by atoms with Crippen molar-refractivity contribution in [2.24, 2.45) is 5.73 Å². The fourth-order valence-electron chi connectivity index (χ4n) is 1.98. The third kappa shape index (κ3) is 2.78. The van der Waals surface area contributed by atoms with Gasteiger partial charge in [-0.2, -0.15) is 0 Å². The Morgan fingerprint density at radius 2 is 2.18 bits per heavy atom. The van der Waals surface area contributed by atoms with Crippen LogP contribution in [0.2, 0.25) is 0 Å². The molecule has 90 valence electrons. The van der Waals surface area contributed by atoms with Crippen LogP contribution in [0.4, 0.5) is 11.4 Å². The number of nitrogen functional groups attached to an aromatic ring is 1. The molecule has 0 saturated carbocycles. The number of allylic oxidation sites excluding steroid dienone is 1. The normalized spacial score (nSPS) is 18.9. The van der Waals surface area contributed by atoms with Crippen LogP contribution in [0.25, 0.3) is 0 Å². The molecule has 1 amide bonds. The summed E-state index contributed by atoms with van der Waals surface area (Å²) in [6.45, 7) is 0. The molecular formula is C13H17N3O. The Bertz CT molecular complexity index is 454. The van der Waals surface area contributed by atoms with Gasteiger partial charge in [0.2, 0.25) is 5.91 Å². The summed E-state index contributed by atoms with van der Waals surface area (Å²) in [5, 5.41) is 3.36. The summed E-state index contributed by atoms with van der Waals surface area (Å²) >= 11 is 0. The molecule has 0 spiro atoms. The van der Waals surface area contributed by atoms with Gasteiger partial charge in [0.05, 0.1) is 11.4 Å². The zero-order valence-corrected chi connectivity index (χ0v) is 9.65. The number of hydrogen-bond acceptors (Lipinski definition) is 3. The van der Waals surface area contributed by atoms with Crippen LogP contribution in [0.1, 0.15) is 29.6 Å². The quantitative estimate of drug-likeness (QED) is 0.549. The number of benzene rings is 1. The number of amides is 1. The van der Waals surface area contributed by atoms with Gasteiger partial charge in [-0.25, -0.2) is 0 Å². The third-order valence-electron chi connectivity index (χ3n) is 2.97. The van der Waals surface area contributed by atoms with Crippen molar-refractivity contribution in [1.82, 2.24) is 0 Å². The Labute approximate surface area is 101 Å². The largest absolute Gasteiger partial charge is 0.397 e. The van der Waals surface area contributed by atoms with Crippen molar-refractivity contribution in [2.75, 3.05) is 11.1 Å². The van der Waals surface area contributed by atoms with E-state index in [1.165, 1.54) is 0 Å². The first-order chi connectivity index (χ1) is 8.16. The second kappa shape index (κ2) is 4.91. The summed E-state index contributed by atoms with van der Waals surface area (Å²) in [7, 11) is 0. The molecule has 1 aliphatic rings. The molecule has 0 heterocycles. The molecule has 0 saturated heterocycles. The highest BCUT2D eigenvalue weighted by Crippen LogP contribution is 2.23. The lowest BCUT2D eigenvalue weighted by Crippen LogP contribution is -2.21. The van der Waals surface area contributed by atoms with E-state index in [-0.39, 0.29) is 0 Å². The molecule has 0 aromatic heterocycles. The number of rotatable bonds is 3. The minimum Gasteiger partial charge on any atom is -0.397 e. The first-order valence-electron chi connectivity index (χ1n) is 5.77. The van der Waals surface area contributed by atoms with E-state index in [2.05, 4.69) is 17.5 Å². The second-order valence-corrected chi connectivity index (χ2v) is 4.29. The predicted molar refractivity (Wildman–Crippen MR) is 69.8 cm³/mol.